The van der Waals surface area contributed by atoms with E-state index >= 15 is 0 Å². The molecule has 1 aromatic carbocycles. The molecule has 5 nitrogen and oxygen atoms in total. The van der Waals surface area contributed by atoms with Crippen LogP contribution in [0.25, 0.3) is 10.6 Å². The minimum atomic E-state index is -0.308. The van der Waals surface area contributed by atoms with Crippen LogP contribution in [0.4, 0.5) is 0 Å². The third-order valence-corrected chi connectivity index (χ3v) is 4.12. The maximum atomic E-state index is 11.9. The standard InChI is InChI=1S/C15H19N3O2S/c1-15(2,3)12-11(13(19)18-16)21-14(17-12)9-5-7-10(20-4)8-6-9/h5-8H,16H2,1-4H3,(H,18,19). The number of ether oxygens (including phenoxy) is 1. The highest BCUT2D eigenvalue weighted by Crippen LogP contribution is 2.34. The average molecular weight is 305 g/mol. The number of carbonyl (C=O) groups is 1. The molecule has 0 atom stereocenters. The molecule has 0 bridgehead atoms. The third kappa shape index (κ3) is 3.22. The number of thiazole rings is 1. The maximum absolute atomic E-state index is 11.9. The average Bonchev–Trinajstić information content (AvgIpc) is 2.92. The molecular weight excluding hydrogens is 286 g/mol. The molecule has 3 N–H and O–H groups in total. The van der Waals surface area contributed by atoms with Crippen molar-refractivity contribution in [3.8, 4) is 16.3 Å². The van der Waals surface area contributed by atoms with Gasteiger partial charge < -0.3 is 4.74 Å². The summed E-state index contributed by atoms with van der Waals surface area (Å²) in [6, 6.07) is 7.59. The molecule has 0 saturated heterocycles. The molecule has 1 aromatic heterocycles. The molecule has 0 aliphatic carbocycles. The molecule has 6 heteroatoms. The topological polar surface area (TPSA) is 77.2 Å². The molecule has 0 fully saturated rings. The van der Waals surface area contributed by atoms with Gasteiger partial charge in [-0.25, -0.2) is 10.8 Å². The molecule has 112 valence electrons. The van der Waals surface area contributed by atoms with Gasteiger partial charge in [-0.1, -0.05) is 20.8 Å². The Bertz CT molecular complexity index is 642. The SMILES string of the molecule is COc1ccc(-c2nc(C(C)(C)C)c(C(=O)NN)s2)cc1. The predicted molar refractivity (Wildman–Crippen MR) is 84.5 cm³/mol. The lowest BCUT2D eigenvalue weighted by molar-refractivity contribution is 0.0955. The van der Waals surface area contributed by atoms with E-state index in [1.807, 2.05) is 45.0 Å². The van der Waals surface area contributed by atoms with Gasteiger partial charge in [0, 0.05) is 11.0 Å². The molecule has 0 radical (unpaired) electrons. The van der Waals surface area contributed by atoms with E-state index in [-0.39, 0.29) is 11.3 Å². The van der Waals surface area contributed by atoms with Crippen LogP contribution in [0.15, 0.2) is 24.3 Å². The van der Waals surface area contributed by atoms with E-state index in [0.717, 1.165) is 22.0 Å². The fourth-order valence-electron chi connectivity index (χ4n) is 1.90. The minimum absolute atomic E-state index is 0.233. The molecule has 0 saturated carbocycles. The van der Waals surface area contributed by atoms with E-state index in [1.54, 1.807) is 7.11 Å². The number of aromatic nitrogens is 1. The Hall–Kier alpha value is -1.92. The van der Waals surface area contributed by atoms with Crippen LogP contribution in [0.2, 0.25) is 0 Å². The third-order valence-electron chi connectivity index (χ3n) is 3.01. The Balaban J connectivity index is 2.50. The molecule has 0 aliphatic rings. The van der Waals surface area contributed by atoms with Crippen LogP contribution < -0.4 is 16.0 Å². The van der Waals surface area contributed by atoms with Crippen molar-refractivity contribution in [3.05, 3.63) is 34.8 Å². The normalized spacial score (nSPS) is 11.3. The van der Waals surface area contributed by atoms with Gasteiger partial charge in [-0.3, -0.25) is 10.2 Å². The number of nitrogens with zero attached hydrogens (tertiary/aromatic N) is 1. The Morgan fingerprint density at radius 2 is 1.90 bits per heavy atom. The summed E-state index contributed by atoms with van der Waals surface area (Å²) in [5, 5.41) is 0.793. The van der Waals surface area contributed by atoms with Gasteiger partial charge in [0.05, 0.1) is 12.8 Å². The zero-order chi connectivity index (χ0) is 15.6. The van der Waals surface area contributed by atoms with Crippen LogP contribution in [0, 0.1) is 0 Å². The molecule has 2 aromatic rings. The monoisotopic (exact) mass is 305 g/mol. The van der Waals surface area contributed by atoms with Crippen LogP contribution in [-0.2, 0) is 5.41 Å². The van der Waals surface area contributed by atoms with Gasteiger partial charge in [-0.15, -0.1) is 11.3 Å². The number of rotatable bonds is 3. The van der Waals surface area contributed by atoms with Crippen molar-refractivity contribution in [2.45, 2.75) is 26.2 Å². The highest BCUT2D eigenvalue weighted by Gasteiger charge is 2.27. The number of hydrazine groups is 1. The number of benzene rings is 1. The lowest BCUT2D eigenvalue weighted by Gasteiger charge is -2.16. The van der Waals surface area contributed by atoms with Gasteiger partial charge in [0.1, 0.15) is 15.6 Å². The van der Waals surface area contributed by atoms with Crippen molar-refractivity contribution in [3.63, 3.8) is 0 Å². The molecule has 21 heavy (non-hydrogen) atoms. The zero-order valence-electron chi connectivity index (χ0n) is 12.6. The number of hydrogen-bond donors (Lipinski definition) is 2. The van der Waals surface area contributed by atoms with Crippen molar-refractivity contribution in [2.75, 3.05) is 7.11 Å². The van der Waals surface area contributed by atoms with Gasteiger partial charge in [0.25, 0.3) is 5.91 Å². The molecule has 0 spiro atoms. The Labute approximate surface area is 128 Å². The van der Waals surface area contributed by atoms with E-state index < -0.39 is 0 Å². The summed E-state index contributed by atoms with van der Waals surface area (Å²) in [4.78, 5) is 17.1. The number of amides is 1. The number of nitrogens with one attached hydrogen (secondary N) is 1. The predicted octanol–water partition coefficient (Wildman–Crippen LogP) is 2.72. The Kier molecular flexibility index (Phi) is 4.29. The first-order valence-electron chi connectivity index (χ1n) is 6.53. The first kappa shape index (κ1) is 15.5. The van der Waals surface area contributed by atoms with Gasteiger partial charge >= 0.3 is 0 Å². The first-order valence-corrected chi connectivity index (χ1v) is 7.35. The van der Waals surface area contributed by atoms with E-state index in [0.29, 0.717) is 4.88 Å². The fourth-order valence-corrected chi connectivity index (χ4v) is 3.09. The first-order chi connectivity index (χ1) is 9.86. The van der Waals surface area contributed by atoms with Crippen molar-refractivity contribution >= 4 is 17.2 Å². The molecular formula is C15H19N3O2S. The van der Waals surface area contributed by atoms with Crippen LogP contribution in [0.3, 0.4) is 0 Å². The van der Waals surface area contributed by atoms with Crippen LogP contribution in [-0.4, -0.2) is 18.0 Å². The summed E-state index contributed by atoms with van der Waals surface area (Å²) in [6.45, 7) is 6.06. The van der Waals surface area contributed by atoms with E-state index in [9.17, 15) is 4.79 Å². The Morgan fingerprint density at radius 3 is 2.38 bits per heavy atom. The van der Waals surface area contributed by atoms with Gasteiger partial charge in [-0.05, 0) is 24.3 Å². The maximum Gasteiger partial charge on any atom is 0.277 e. The number of hydrogen-bond acceptors (Lipinski definition) is 5. The second-order valence-corrected chi connectivity index (χ2v) is 6.65. The van der Waals surface area contributed by atoms with Crippen molar-refractivity contribution in [1.29, 1.82) is 0 Å². The van der Waals surface area contributed by atoms with E-state index in [2.05, 4.69) is 10.4 Å². The van der Waals surface area contributed by atoms with Gasteiger partial charge in [0.15, 0.2) is 0 Å². The Morgan fingerprint density at radius 1 is 1.29 bits per heavy atom. The van der Waals surface area contributed by atoms with Gasteiger partial charge in [-0.2, -0.15) is 0 Å². The zero-order valence-corrected chi connectivity index (χ0v) is 13.4. The highest BCUT2D eigenvalue weighted by molar-refractivity contribution is 7.17. The van der Waals surface area contributed by atoms with E-state index in [1.165, 1.54) is 11.3 Å². The van der Waals surface area contributed by atoms with E-state index in [4.69, 9.17) is 10.6 Å². The lowest BCUT2D eigenvalue weighted by Crippen LogP contribution is -2.31. The van der Waals surface area contributed by atoms with Crippen LogP contribution in [0.5, 0.6) is 5.75 Å². The summed E-state index contributed by atoms with van der Waals surface area (Å²) in [5.74, 6) is 5.74. The summed E-state index contributed by atoms with van der Waals surface area (Å²) >= 11 is 1.34. The minimum Gasteiger partial charge on any atom is -0.497 e. The fraction of sp³-hybridized carbons (Fsp3) is 0.333. The molecule has 0 aliphatic heterocycles. The molecule has 1 amide bonds. The van der Waals surface area contributed by atoms with Crippen molar-refractivity contribution < 1.29 is 9.53 Å². The van der Waals surface area contributed by atoms with Crippen LogP contribution in [0.1, 0.15) is 36.1 Å². The summed E-state index contributed by atoms with van der Waals surface area (Å²) in [6.07, 6.45) is 0. The smallest absolute Gasteiger partial charge is 0.277 e. The molecule has 0 unspecified atom stereocenters. The van der Waals surface area contributed by atoms with Crippen LogP contribution >= 0.6 is 11.3 Å². The second-order valence-electron chi connectivity index (χ2n) is 5.65. The summed E-state index contributed by atoms with van der Waals surface area (Å²) < 4.78 is 5.15. The molecule has 1 heterocycles. The number of nitrogen functional groups attached to an aromatic ring is 1. The summed E-state index contributed by atoms with van der Waals surface area (Å²) in [5.41, 5.74) is 3.65. The van der Waals surface area contributed by atoms with Crippen molar-refractivity contribution in [2.24, 2.45) is 5.84 Å². The molecule has 2 rings (SSSR count). The van der Waals surface area contributed by atoms with Gasteiger partial charge in [0.2, 0.25) is 0 Å². The second kappa shape index (κ2) is 5.83. The number of carbonyl (C=O) groups excluding carboxylic acids is 1. The lowest BCUT2D eigenvalue weighted by atomic mass is 9.91. The summed E-state index contributed by atoms with van der Waals surface area (Å²) in [7, 11) is 1.62. The largest absolute Gasteiger partial charge is 0.497 e. The number of nitrogens with two attached hydrogens (primary N) is 1. The van der Waals surface area contributed by atoms with Crippen molar-refractivity contribution in [1.82, 2.24) is 10.4 Å². The highest BCUT2D eigenvalue weighted by atomic mass is 32.1. The number of methoxy groups -OCH3 is 1. The quantitative estimate of drug-likeness (QED) is 0.519.